The third-order valence-corrected chi connectivity index (χ3v) is 2.75. The number of allylic oxidation sites excluding steroid dienone is 1. The van der Waals surface area contributed by atoms with Crippen LogP contribution in [-0.4, -0.2) is 12.5 Å². The minimum Gasteiger partial charge on any atom is -0.352 e. The Labute approximate surface area is 105 Å². The van der Waals surface area contributed by atoms with Crippen LogP contribution in [0, 0.1) is 0 Å². The number of carbonyl (C=O) groups excluding carboxylic acids is 1. The van der Waals surface area contributed by atoms with E-state index in [2.05, 4.69) is 5.32 Å². The molecule has 0 unspecified atom stereocenters. The lowest BCUT2D eigenvalue weighted by molar-refractivity contribution is 0.0954. The molecule has 0 radical (unpaired) electrons. The Morgan fingerprint density at radius 2 is 2.12 bits per heavy atom. The summed E-state index contributed by atoms with van der Waals surface area (Å²) in [7, 11) is 0. The summed E-state index contributed by atoms with van der Waals surface area (Å²) in [6, 6.07) is 4.83. The van der Waals surface area contributed by atoms with Crippen LogP contribution in [0.25, 0.3) is 0 Å². The van der Waals surface area contributed by atoms with Gasteiger partial charge in [0.05, 0.1) is 10.0 Å². The van der Waals surface area contributed by atoms with Crippen LogP contribution in [0.2, 0.25) is 10.0 Å². The van der Waals surface area contributed by atoms with E-state index in [0.29, 0.717) is 22.2 Å². The van der Waals surface area contributed by atoms with Crippen molar-refractivity contribution in [2.24, 2.45) is 0 Å². The maximum Gasteiger partial charge on any atom is 0.251 e. The van der Waals surface area contributed by atoms with Gasteiger partial charge in [0.1, 0.15) is 0 Å². The van der Waals surface area contributed by atoms with Gasteiger partial charge in [-0.05, 0) is 31.5 Å². The Morgan fingerprint density at radius 3 is 2.75 bits per heavy atom. The molecule has 0 spiro atoms. The molecule has 1 rings (SSSR count). The van der Waals surface area contributed by atoms with Crippen LogP contribution in [0.4, 0.5) is 0 Å². The van der Waals surface area contributed by atoms with E-state index in [-0.39, 0.29) is 5.91 Å². The smallest absolute Gasteiger partial charge is 0.251 e. The topological polar surface area (TPSA) is 29.1 Å². The van der Waals surface area contributed by atoms with Crippen LogP contribution in [0.5, 0.6) is 0 Å². The number of halogens is 2. The molecule has 0 saturated heterocycles. The third-order valence-electron chi connectivity index (χ3n) is 2.01. The average Bonchev–Trinajstić information content (AvgIpc) is 2.28. The molecule has 16 heavy (non-hydrogen) atoms. The average molecular weight is 258 g/mol. The number of rotatable bonds is 4. The van der Waals surface area contributed by atoms with Gasteiger partial charge >= 0.3 is 0 Å². The summed E-state index contributed by atoms with van der Waals surface area (Å²) in [6.45, 7) is 2.56. The molecule has 0 saturated carbocycles. The first kappa shape index (κ1) is 13.1. The van der Waals surface area contributed by atoms with Gasteiger partial charge in [0.2, 0.25) is 0 Å². The number of hydrogen-bond donors (Lipinski definition) is 1. The van der Waals surface area contributed by atoms with E-state index in [1.165, 1.54) is 0 Å². The highest BCUT2D eigenvalue weighted by atomic mass is 35.5. The minimum absolute atomic E-state index is 0.136. The summed E-state index contributed by atoms with van der Waals surface area (Å²) in [6.07, 6.45) is 4.77. The first-order valence-electron chi connectivity index (χ1n) is 4.99. The molecule has 1 amide bonds. The van der Waals surface area contributed by atoms with Crippen molar-refractivity contribution < 1.29 is 4.79 Å². The second-order valence-corrected chi connectivity index (χ2v) is 4.06. The zero-order valence-corrected chi connectivity index (χ0v) is 10.5. The normalized spacial score (nSPS) is 10.7. The predicted molar refractivity (Wildman–Crippen MR) is 68.2 cm³/mol. The standard InChI is InChI=1S/C12H13Cl2NO/c1-2-3-4-7-15-12(16)9-5-6-10(13)11(14)8-9/h2-3,5-6,8H,4,7H2,1H3,(H,15,16)/b3-2+. The highest BCUT2D eigenvalue weighted by Crippen LogP contribution is 2.22. The largest absolute Gasteiger partial charge is 0.352 e. The summed E-state index contributed by atoms with van der Waals surface area (Å²) >= 11 is 11.6. The molecule has 2 nitrogen and oxygen atoms in total. The maximum atomic E-state index is 11.6. The van der Waals surface area contributed by atoms with Crippen molar-refractivity contribution >= 4 is 29.1 Å². The summed E-state index contributed by atoms with van der Waals surface area (Å²) < 4.78 is 0. The van der Waals surface area contributed by atoms with Gasteiger partial charge in [-0.3, -0.25) is 4.79 Å². The summed E-state index contributed by atoms with van der Waals surface area (Å²) in [5.74, 6) is -0.136. The first-order valence-corrected chi connectivity index (χ1v) is 5.75. The Balaban J connectivity index is 2.56. The Morgan fingerprint density at radius 1 is 1.38 bits per heavy atom. The molecule has 1 aromatic carbocycles. The van der Waals surface area contributed by atoms with Crippen molar-refractivity contribution in [1.82, 2.24) is 5.32 Å². The number of nitrogens with one attached hydrogen (secondary N) is 1. The van der Waals surface area contributed by atoms with Gasteiger partial charge in [-0.25, -0.2) is 0 Å². The van der Waals surface area contributed by atoms with Gasteiger partial charge in [-0.1, -0.05) is 35.4 Å². The van der Waals surface area contributed by atoms with Crippen molar-refractivity contribution in [3.8, 4) is 0 Å². The van der Waals surface area contributed by atoms with Gasteiger partial charge in [0, 0.05) is 12.1 Å². The van der Waals surface area contributed by atoms with E-state index in [1.807, 2.05) is 19.1 Å². The molecule has 0 aromatic heterocycles. The molecule has 1 aromatic rings. The zero-order valence-electron chi connectivity index (χ0n) is 8.97. The molecule has 0 heterocycles. The first-order chi connectivity index (χ1) is 7.65. The van der Waals surface area contributed by atoms with Crippen molar-refractivity contribution in [3.63, 3.8) is 0 Å². The van der Waals surface area contributed by atoms with Gasteiger partial charge in [-0.15, -0.1) is 0 Å². The highest BCUT2D eigenvalue weighted by molar-refractivity contribution is 6.42. The van der Waals surface area contributed by atoms with Crippen molar-refractivity contribution in [2.75, 3.05) is 6.54 Å². The lowest BCUT2D eigenvalue weighted by atomic mass is 10.2. The molecule has 0 atom stereocenters. The van der Waals surface area contributed by atoms with Crippen LogP contribution < -0.4 is 5.32 Å². The molecule has 0 aliphatic carbocycles. The lowest BCUT2D eigenvalue weighted by Gasteiger charge is -2.04. The second-order valence-electron chi connectivity index (χ2n) is 3.24. The predicted octanol–water partition coefficient (Wildman–Crippen LogP) is 3.69. The Kier molecular flexibility index (Phi) is 5.36. The Hall–Kier alpha value is -0.990. The highest BCUT2D eigenvalue weighted by Gasteiger charge is 2.06. The van der Waals surface area contributed by atoms with E-state index in [4.69, 9.17) is 23.2 Å². The van der Waals surface area contributed by atoms with E-state index >= 15 is 0 Å². The van der Waals surface area contributed by atoms with E-state index < -0.39 is 0 Å². The molecule has 0 bridgehead atoms. The van der Waals surface area contributed by atoms with Gasteiger partial charge in [0.15, 0.2) is 0 Å². The fourth-order valence-electron chi connectivity index (χ4n) is 1.18. The van der Waals surface area contributed by atoms with E-state index in [0.717, 1.165) is 6.42 Å². The molecule has 4 heteroatoms. The molecule has 86 valence electrons. The SMILES string of the molecule is C/C=C/CCNC(=O)c1ccc(Cl)c(Cl)c1. The molecular formula is C12H13Cl2NO. The monoisotopic (exact) mass is 257 g/mol. The minimum atomic E-state index is -0.136. The lowest BCUT2D eigenvalue weighted by Crippen LogP contribution is -2.24. The fourth-order valence-corrected chi connectivity index (χ4v) is 1.47. The van der Waals surface area contributed by atoms with Crippen LogP contribution in [-0.2, 0) is 0 Å². The van der Waals surface area contributed by atoms with Gasteiger partial charge < -0.3 is 5.32 Å². The van der Waals surface area contributed by atoms with E-state index in [1.54, 1.807) is 18.2 Å². The van der Waals surface area contributed by atoms with Gasteiger partial charge in [0.25, 0.3) is 5.91 Å². The quantitative estimate of drug-likeness (QED) is 0.647. The summed E-state index contributed by atoms with van der Waals surface area (Å²) in [5.41, 5.74) is 0.523. The third kappa shape index (κ3) is 3.87. The second kappa shape index (κ2) is 6.56. The van der Waals surface area contributed by atoms with Crippen molar-refractivity contribution in [3.05, 3.63) is 46.0 Å². The summed E-state index contributed by atoms with van der Waals surface area (Å²) in [5, 5.41) is 3.63. The number of hydrogen-bond acceptors (Lipinski definition) is 1. The maximum absolute atomic E-state index is 11.6. The van der Waals surface area contributed by atoms with Crippen LogP contribution in [0.1, 0.15) is 23.7 Å². The molecule has 1 N–H and O–H groups in total. The molecular weight excluding hydrogens is 245 g/mol. The Bertz CT molecular complexity index is 402. The van der Waals surface area contributed by atoms with E-state index in [9.17, 15) is 4.79 Å². The summed E-state index contributed by atoms with van der Waals surface area (Å²) in [4.78, 5) is 11.6. The number of amides is 1. The molecule has 0 aliphatic heterocycles. The van der Waals surface area contributed by atoms with Crippen LogP contribution >= 0.6 is 23.2 Å². The van der Waals surface area contributed by atoms with Gasteiger partial charge in [-0.2, -0.15) is 0 Å². The molecule has 0 aliphatic rings. The number of benzene rings is 1. The van der Waals surface area contributed by atoms with Crippen molar-refractivity contribution in [1.29, 1.82) is 0 Å². The van der Waals surface area contributed by atoms with Crippen LogP contribution in [0.3, 0.4) is 0 Å². The number of carbonyl (C=O) groups is 1. The van der Waals surface area contributed by atoms with Crippen LogP contribution in [0.15, 0.2) is 30.4 Å². The zero-order chi connectivity index (χ0) is 12.0. The van der Waals surface area contributed by atoms with Crippen molar-refractivity contribution in [2.45, 2.75) is 13.3 Å². The fraction of sp³-hybridized carbons (Fsp3) is 0.250. The molecule has 0 fully saturated rings.